The van der Waals surface area contributed by atoms with E-state index in [4.69, 9.17) is 9.47 Å². The number of aliphatic hydroxyl groups excluding tert-OH is 1. The van der Waals surface area contributed by atoms with Gasteiger partial charge in [-0.25, -0.2) is 4.79 Å². The Morgan fingerprint density at radius 1 is 1.14 bits per heavy atom. The quantitative estimate of drug-likeness (QED) is 0.364. The first kappa shape index (κ1) is 24.5. The molecule has 1 saturated heterocycles. The molecule has 2 N–H and O–H groups in total. The number of nitrogens with one attached hydrogen (secondary N) is 1. The largest absolute Gasteiger partial charge is 0.388 e. The number of benzene rings is 1. The van der Waals surface area contributed by atoms with Gasteiger partial charge in [0.2, 0.25) is 5.91 Å². The fourth-order valence-electron chi connectivity index (χ4n) is 4.08. The number of amides is 3. The molecule has 0 bridgehead atoms. The maximum absolute atomic E-state index is 12.6. The molecule has 2 aliphatic rings. The van der Waals surface area contributed by atoms with E-state index in [1.165, 1.54) is 17.2 Å². The van der Waals surface area contributed by atoms with Crippen LogP contribution in [-0.4, -0.2) is 87.7 Å². The highest BCUT2D eigenvalue weighted by Gasteiger charge is 2.42. The molecule has 0 radical (unpaired) electrons. The molecule has 3 heterocycles. The van der Waals surface area contributed by atoms with E-state index >= 15 is 0 Å². The molecule has 35 heavy (non-hydrogen) atoms. The highest BCUT2D eigenvalue weighted by Crippen LogP contribution is 2.32. The van der Waals surface area contributed by atoms with Gasteiger partial charge in [-0.1, -0.05) is 19.1 Å². The summed E-state index contributed by atoms with van der Waals surface area (Å²) in [5, 5.41) is 10.5. The number of fused-ring (bicyclic) bond motifs is 1. The Labute approximate surface area is 199 Å². The topological polar surface area (TPSA) is 151 Å². The number of nitrogens with zero attached hydrogens (tertiary/aromatic N) is 3. The number of hydrogen-bond donors (Lipinski definition) is 2. The summed E-state index contributed by atoms with van der Waals surface area (Å²) in [4.78, 5) is 65.1. The van der Waals surface area contributed by atoms with E-state index in [-0.39, 0.29) is 43.3 Å². The average Bonchev–Trinajstić information content (AvgIpc) is 3.25. The van der Waals surface area contributed by atoms with Crippen LogP contribution < -0.4 is 11.2 Å². The predicted octanol–water partition coefficient (Wildman–Crippen LogP) is -0.798. The normalized spacial score (nSPS) is 23.6. The van der Waals surface area contributed by atoms with Gasteiger partial charge >= 0.3 is 5.69 Å². The van der Waals surface area contributed by atoms with E-state index in [1.807, 2.05) is 0 Å². The molecule has 12 nitrogen and oxygen atoms in total. The standard InChI is InChI=1S/C23H26N4O8/c1-13-16(35-22(19(13)30)26-8-7-17(28)24-23(26)33)12-34-10-9-25(2)18(29)11-27-20(31)14-5-3-4-6-15(14)21(27)32/h3-8,13,16,19,22,30H,9-12H2,1-2H3,(H,24,28,33)/t13?,16-,19+,22-/m1/s1. The number of aromatic nitrogens is 2. The first-order valence-corrected chi connectivity index (χ1v) is 11.1. The minimum atomic E-state index is -0.990. The molecule has 186 valence electrons. The first-order chi connectivity index (χ1) is 16.7. The number of carbonyl (C=O) groups excluding carboxylic acids is 3. The Hall–Kier alpha value is -3.61. The number of H-pyrrole nitrogens is 1. The van der Waals surface area contributed by atoms with E-state index in [0.717, 1.165) is 9.47 Å². The lowest BCUT2D eigenvalue weighted by molar-refractivity contribution is -0.131. The van der Waals surface area contributed by atoms with Crippen molar-refractivity contribution < 1.29 is 29.0 Å². The molecule has 0 aliphatic carbocycles. The number of likely N-dealkylation sites (N-methyl/N-ethyl adjacent to an activating group) is 1. The lowest BCUT2D eigenvalue weighted by Gasteiger charge is -2.21. The number of rotatable bonds is 8. The van der Waals surface area contributed by atoms with Crippen LogP contribution in [0.3, 0.4) is 0 Å². The second-order valence-electron chi connectivity index (χ2n) is 8.56. The van der Waals surface area contributed by atoms with Crippen LogP contribution >= 0.6 is 0 Å². The van der Waals surface area contributed by atoms with E-state index in [0.29, 0.717) is 0 Å². The van der Waals surface area contributed by atoms with Gasteiger partial charge in [-0.05, 0) is 12.1 Å². The Morgan fingerprint density at radius 2 is 1.80 bits per heavy atom. The molecule has 2 aromatic rings. The monoisotopic (exact) mass is 486 g/mol. The second kappa shape index (κ2) is 9.94. The maximum Gasteiger partial charge on any atom is 0.330 e. The Bertz CT molecular complexity index is 1220. The van der Waals surface area contributed by atoms with Crippen molar-refractivity contribution in [2.75, 3.05) is 33.4 Å². The van der Waals surface area contributed by atoms with Crippen molar-refractivity contribution in [3.05, 3.63) is 68.5 Å². The van der Waals surface area contributed by atoms with Crippen molar-refractivity contribution in [2.45, 2.75) is 25.4 Å². The van der Waals surface area contributed by atoms with Crippen LogP contribution in [0, 0.1) is 5.92 Å². The highest BCUT2D eigenvalue weighted by molar-refractivity contribution is 6.22. The van der Waals surface area contributed by atoms with Gasteiger partial charge in [0.25, 0.3) is 17.4 Å². The number of aromatic amines is 1. The molecule has 0 saturated carbocycles. The van der Waals surface area contributed by atoms with Crippen molar-refractivity contribution in [3.63, 3.8) is 0 Å². The number of ether oxygens (including phenoxy) is 2. The molecule has 1 fully saturated rings. The van der Waals surface area contributed by atoms with E-state index in [2.05, 4.69) is 4.98 Å². The smallest absolute Gasteiger partial charge is 0.330 e. The number of carbonyl (C=O) groups is 3. The fraction of sp³-hybridized carbons (Fsp3) is 0.435. The van der Waals surface area contributed by atoms with Crippen LogP contribution in [-0.2, 0) is 14.3 Å². The summed E-state index contributed by atoms with van der Waals surface area (Å²) in [6, 6.07) is 7.60. The summed E-state index contributed by atoms with van der Waals surface area (Å²) in [6.45, 7) is 1.85. The predicted molar refractivity (Wildman–Crippen MR) is 121 cm³/mol. The summed E-state index contributed by atoms with van der Waals surface area (Å²) in [5.74, 6) is -1.76. The van der Waals surface area contributed by atoms with Gasteiger partial charge in [0.05, 0.1) is 30.4 Å². The van der Waals surface area contributed by atoms with Crippen LogP contribution in [0.25, 0.3) is 0 Å². The van der Waals surface area contributed by atoms with Crippen LogP contribution in [0.15, 0.2) is 46.1 Å². The second-order valence-corrected chi connectivity index (χ2v) is 8.56. The van der Waals surface area contributed by atoms with Crippen LogP contribution in [0.4, 0.5) is 0 Å². The van der Waals surface area contributed by atoms with Gasteiger partial charge in [-0.3, -0.25) is 33.6 Å². The van der Waals surface area contributed by atoms with Crippen molar-refractivity contribution in [1.82, 2.24) is 19.4 Å². The van der Waals surface area contributed by atoms with E-state index < -0.39 is 47.4 Å². The molecular formula is C23H26N4O8. The molecule has 1 unspecified atom stereocenters. The van der Waals surface area contributed by atoms with Crippen molar-refractivity contribution >= 4 is 17.7 Å². The molecule has 3 amide bonds. The zero-order valence-electron chi connectivity index (χ0n) is 19.2. The molecular weight excluding hydrogens is 460 g/mol. The molecule has 1 aromatic carbocycles. The summed E-state index contributed by atoms with van der Waals surface area (Å²) >= 11 is 0. The third-order valence-corrected chi connectivity index (χ3v) is 6.31. The molecule has 2 aliphatic heterocycles. The van der Waals surface area contributed by atoms with Gasteiger partial charge in [0.15, 0.2) is 6.23 Å². The fourth-order valence-corrected chi connectivity index (χ4v) is 4.08. The average molecular weight is 486 g/mol. The summed E-state index contributed by atoms with van der Waals surface area (Å²) in [6.07, 6.45) is -1.21. The maximum atomic E-state index is 12.6. The first-order valence-electron chi connectivity index (χ1n) is 11.1. The number of aliphatic hydroxyl groups is 1. The molecule has 0 spiro atoms. The van der Waals surface area contributed by atoms with E-state index in [9.17, 15) is 29.1 Å². The highest BCUT2D eigenvalue weighted by atomic mass is 16.6. The Kier molecular flexibility index (Phi) is 6.96. The lowest BCUT2D eigenvalue weighted by atomic mass is 10.0. The van der Waals surface area contributed by atoms with Crippen LogP contribution in [0.1, 0.15) is 33.9 Å². The van der Waals surface area contributed by atoms with Gasteiger partial charge in [0, 0.05) is 31.8 Å². The van der Waals surface area contributed by atoms with Gasteiger partial charge < -0.3 is 19.5 Å². The third-order valence-electron chi connectivity index (χ3n) is 6.31. The number of imide groups is 1. The Morgan fingerprint density at radius 3 is 2.43 bits per heavy atom. The summed E-state index contributed by atoms with van der Waals surface area (Å²) in [7, 11) is 1.54. The van der Waals surface area contributed by atoms with Crippen LogP contribution in [0.2, 0.25) is 0 Å². The molecule has 4 atom stereocenters. The summed E-state index contributed by atoms with van der Waals surface area (Å²) in [5.41, 5.74) is -0.667. The molecule has 1 aromatic heterocycles. The van der Waals surface area contributed by atoms with Gasteiger partial charge in [-0.2, -0.15) is 0 Å². The number of hydrogen-bond acceptors (Lipinski definition) is 8. The third kappa shape index (κ3) is 4.81. The van der Waals surface area contributed by atoms with Crippen LogP contribution in [0.5, 0.6) is 0 Å². The minimum absolute atomic E-state index is 0.104. The van der Waals surface area contributed by atoms with Crippen molar-refractivity contribution in [1.29, 1.82) is 0 Å². The van der Waals surface area contributed by atoms with Crippen molar-refractivity contribution in [2.24, 2.45) is 5.92 Å². The van der Waals surface area contributed by atoms with Crippen molar-refractivity contribution in [3.8, 4) is 0 Å². The zero-order valence-corrected chi connectivity index (χ0v) is 19.2. The molecule has 4 rings (SSSR count). The summed E-state index contributed by atoms with van der Waals surface area (Å²) < 4.78 is 12.5. The van der Waals surface area contributed by atoms with Gasteiger partial charge in [-0.15, -0.1) is 0 Å². The lowest BCUT2D eigenvalue weighted by Crippen LogP contribution is -2.42. The minimum Gasteiger partial charge on any atom is -0.388 e. The Balaban J connectivity index is 1.25. The SMILES string of the molecule is CC1[C@@H](COCCN(C)C(=O)CN2C(=O)c3ccccc3C2=O)O[C@@H](n2ccc(=O)[nH]c2=O)[C@H]1O. The van der Waals surface area contributed by atoms with Gasteiger partial charge in [0.1, 0.15) is 12.6 Å². The molecule has 12 heteroatoms. The van der Waals surface area contributed by atoms with E-state index in [1.54, 1.807) is 38.2 Å². The zero-order chi connectivity index (χ0) is 25.3.